The Labute approximate surface area is 128 Å². The van der Waals surface area contributed by atoms with E-state index >= 15 is 0 Å². The Morgan fingerprint density at radius 1 is 1.35 bits per heavy atom. The maximum atomic E-state index is 12.2. The van der Waals surface area contributed by atoms with E-state index < -0.39 is 0 Å². The van der Waals surface area contributed by atoms with Gasteiger partial charge in [0, 0.05) is 18.0 Å². The Balaban J connectivity index is 1.87. The summed E-state index contributed by atoms with van der Waals surface area (Å²) >= 11 is 3.37. The summed E-state index contributed by atoms with van der Waals surface area (Å²) in [6.45, 7) is 4.09. The zero-order valence-electron chi connectivity index (χ0n) is 12.0. The molecule has 0 fully saturated rings. The normalized spacial score (nSPS) is 13.8. The van der Waals surface area contributed by atoms with Gasteiger partial charge in [-0.1, -0.05) is 6.07 Å². The molecule has 3 nitrogen and oxygen atoms in total. The largest absolute Gasteiger partial charge is 0.335 e. The van der Waals surface area contributed by atoms with Crippen molar-refractivity contribution in [3.63, 3.8) is 0 Å². The van der Waals surface area contributed by atoms with Crippen LogP contribution in [0.4, 0.5) is 4.79 Å². The lowest BCUT2D eigenvalue weighted by molar-refractivity contribution is 0.192. The molecule has 5 heteroatoms. The third-order valence-electron chi connectivity index (χ3n) is 3.35. The fourth-order valence-electron chi connectivity index (χ4n) is 2.02. The highest BCUT2D eigenvalue weighted by Gasteiger charge is 2.19. The van der Waals surface area contributed by atoms with E-state index in [1.807, 2.05) is 25.4 Å². The van der Waals surface area contributed by atoms with E-state index in [1.54, 1.807) is 27.6 Å². The SMILES string of the molecule is C[C@H](Cc1ccsc1)NC(=O)N(C)[C@@H](C)c1cccs1. The number of rotatable bonds is 5. The average Bonchev–Trinajstić information content (AvgIpc) is 3.09. The summed E-state index contributed by atoms with van der Waals surface area (Å²) in [5.74, 6) is 0. The van der Waals surface area contributed by atoms with Crippen LogP contribution in [-0.4, -0.2) is 24.0 Å². The first-order valence-corrected chi connectivity index (χ1v) is 8.48. The van der Waals surface area contributed by atoms with Gasteiger partial charge in [0.2, 0.25) is 0 Å². The molecule has 2 aromatic heterocycles. The minimum atomic E-state index is -0.0198. The highest BCUT2D eigenvalue weighted by molar-refractivity contribution is 7.10. The topological polar surface area (TPSA) is 32.3 Å². The van der Waals surface area contributed by atoms with Gasteiger partial charge in [-0.05, 0) is 54.1 Å². The maximum Gasteiger partial charge on any atom is 0.317 e. The molecule has 2 rings (SSSR count). The predicted octanol–water partition coefficient (Wildman–Crippen LogP) is 4.14. The van der Waals surface area contributed by atoms with Crippen LogP contribution in [0.5, 0.6) is 0 Å². The quantitative estimate of drug-likeness (QED) is 0.884. The molecule has 20 heavy (non-hydrogen) atoms. The van der Waals surface area contributed by atoms with Crippen LogP contribution in [0.15, 0.2) is 34.3 Å². The van der Waals surface area contributed by atoms with Gasteiger partial charge < -0.3 is 10.2 Å². The van der Waals surface area contributed by atoms with Gasteiger partial charge in [0.15, 0.2) is 0 Å². The van der Waals surface area contributed by atoms with E-state index in [2.05, 4.69) is 35.1 Å². The van der Waals surface area contributed by atoms with Gasteiger partial charge in [0.05, 0.1) is 6.04 Å². The third kappa shape index (κ3) is 3.84. The molecule has 0 unspecified atom stereocenters. The Morgan fingerprint density at radius 3 is 2.75 bits per heavy atom. The van der Waals surface area contributed by atoms with Crippen LogP contribution in [0.3, 0.4) is 0 Å². The summed E-state index contributed by atoms with van der Waals surface area (Å²) in [7, 11) is 1.84. The smallest absolute Gasteiger partial charge is 0.317 e. The zero-order valence-corrected chi connectivity index (χ0v) is 13.6. The predicted molar refractivity (Wildman–Crippen MR) is 86.5 cm³/mol. The number of thiophene rings is 2. The highest BCUT2D eigenvalue weighted by Crippen LogP contribution is 2.23. The molecule has 2 atom stereocenters. The number of carbonyl (C=O) groups excluding carboxylic acids is 1. The number of hydrogen-bond donors (Lipinski definition) is 1. The molecule has 1 N–H and O–H groups in total. The summed E-state index contributed by atoms with van der Waals surface area (Å²) in [6, 6.07) is 6.40. The molecule has 0 spiro atoms. The second-order valence-electron chi connectivity index (χ2n) is 4.99. The third-order valence-corrected chi connectivity index (χ3v) is 5.12. The number of hydrogen-bond acceptors (Lipinski definition) is 3. The molecule has 0 aliphatic heterocycles. The van der Waals surface area contributed by atoms with E-state index in [9.17, 15) is 4.79 Å². The lowest BCUT2D eigenvalue weighted by atomic mass is 10.1. The molecule has 0 aromatic carbocycles. The van der Waals surface area contributed by atoms with Gasteiger partial charge in [-0.25, -0.2) is 4.79 Å². The maximum absolute atomic E-state index is 12.2. The summed E-state index contributed by atoms with van der Waals surface area (Å²) < 4.78 is 0. The lowest BCUT2D eigenvalue weighted by Gasteiger charge is -2.26. The number of amides is 2. The molecule has 0 aliphatic rings. The van der Waals surface area contributed by atoms with Crippen molar-refractivity contribution < 1.29 is 4.79 Å². The molecular formula is C15H20N2OS2. The molecular weight excluding hydrogens is 288 g/mol. The van der Waals surface area contributed by atoms with Crippen LogP contribution in [0.25, 0.3) is 0 Å². The monoisotopic (exact) mass is 308 g/mol. The summed E-state index contributed by atoms with van der Waals surface area (Å²) in [4.78, 5) is 15.2. The van der Waals surface area contributed by atoms with Crippen molar-refractivity contribution in [2.75, 3.05) is 7.05 Å². The van der Waals surface area contributed by atoms with Gasteiger partial charge in [-0.3, -0.25) is 0 Å². The van der Waals surface area contributed by atoms with Crippen molar-refractivity contribution >= 4 is 28.7 Å². The molecule has 0 radical (unpaired) electrons. The first-order valence-electron chi connectivity index (χ1n) is 6.65. The molecule has 2 aromatic rings. The van der Waals surface area contributed by atoms with Crippen LogP contribution in [0, 0.1) is 0 Å². The van der Waals surface area contributed by atoms with E-state index in [1.165, 1.54) is 10.4 Å². The van der Waals surface area contributed by atoms with Crippen molar-refractivity contribution in [2.24, 2.45) is 0 Å². The number of nitrogens with one attached hydrogen (secondary N) is 1. The van der Waals surface area contributed by atoms with Crippen LogP contribution < -0.4 is 5.32 Å². The Morgan fingerprint density at radius 2 is 2.15 bits per heavy atom. The van der Waals surface area contributed by atoms with Crippen LogP contribution >= 0.6 is 22.7 Å². The molecule has 0 saturated heterocycles. The van der Waals surface area contributed by atoms with Gasteiger partial charge in [0.25, 0.3) is 0 Å². The average molecular weight is 308 g/mol. The van der Waals surface area contributed by atoms with Gasteiger partial charge in [0.1, 0.15) is 0 Å². The minimum absolute atomic E-state index is 0.0198. The fraction of sp³-hybridized carbons (Fsp3) is 0.400. The standard InChI is InChI=1S/C15H20N2OS2/c1-11(9-13-6-8-19-10-13)16-15(18)17(3)12(2)14-5-4-7-20-14/h4-8,10-12H,9H2,1-3H3,(H,16,18)/t11-,12+/m1/s1. The van der Waals surface area contributed by atoms with Crippen molar-refractivity contribution in [3.05, 3.63) is 44.8 Å². The van der Waals surface area contributed by atoms with Crippen LogP contribution in [-0.2, 0) is 6.42 Å². The molecule has 0 saturated carbocycles. The summed E-state index contributed by atoms with van der Waals surface area (Å²) in [6.07, 6.45) is 0.871. The number of carbonyl (C=O) groups is 1. The van der Waals surface area contributed by atoms with Gasteiger partial charge >= 0.3 is 6.03 Å². The van der Waals surface area contributed by atoms with Crippen molar-refractivity contribution in [2.45, 2.75) is 32.4 Å². The Kier molecular flexibility index (Phi) is 5.20. The zero-order chi connectivity index (χ0) is 14.5. The lowest BCUT2D eigenvalue weighted by Crippen LogP contribution is -2.43. The summed E-state index contributed by atoms with van der Waals surface area (Å²) in [5.41, 5.74) is 1.27. The second-order valence-corrected chi connectivity index (χ2v) is 6.75. The molecule has 0 bridgehead atoms. The van der Waals surface area contributed by atoms with Crippen molar-refractivity contribution in [3.8, 4) is 0 Å². The molecule has 108 valence electrons. The van der Waals surface area contributed by atoms with E-state index in [0.29, 0.717) is 0 Å². The van der Waals surface area contributed by atoms with Crippen molar-refractivity contribution in [1.82, 2.24) is 10.2 Å². The summed E-state index contributed by atoms with van der Waals surface area (Å²) in [5, 5.41) is 9.29. The van der Waals surface area contributed by atoms with Gasteiger partial charge in [-0.2, -0.15) is 11.3 Å². The van der Waals surface area contributed by atoms with E-state index in [4.69, 9.17) is 0 Å². The number of nitrogens with zero attached hydrogens (tertiary/aromatic N) is 1. The number of urea groups is 1. The molecule has 2 amide bonds. The Bertz CT molecular complexity index is 522. The van der Waals surface area contributed by atoms with E-state index in [-0.39, 0.29) is 18.1 Å². The first-order chi connectivity index (χ1) is 9.58. The first kappa shape index (κ1) is 15.1. The molecule has 0 aliphatic carbocycles. The second kappa shape index (κ2) is 6.90. The molecule has 2 heterocycles. The minimum Gasteiger partial charge on any atom is -0.335 e. The van der Waals surface area contributed by atoms with Crippen molar-refractivity contribution in [1.29, 1.82) is 0 Å². The highest BCUT2D eigenvalue weighted by atomic mass is 32.1. The van der Waals surface area contributed by atoms with Crippen LogP contribution in [0.1, 0.15) is 30.3 Å². The fourth-order valence-corrected chi connectivity index (χ4v) is 3.53. The van der Waals surface area contributed by atoms with Crippen LogP contribution in [0.2, 0.25) is 0 Å². The van der Waals surface area contributed by atoms with Gasteiger partial charge in [-0.15, -0.1) is 11.3 Å². The Hall–Kier alpha value is -1.33. The van der Waals surface area contributed by atoms with E-state index in [0.717, 1.165) is 6.42 Å².